The standard InChI is InChI=1S/C13H20N2O2.ClH/c1-3-15(4-2)9-10-17-13(16)11-5-7-12(14)8-6-11;/h5-8H,3-4,9-10,14H2,1-2H3;1H/i5D,6D,7D,8D;. The fourth-order valence-corrected chi connectivity index (χ4v) is 1.30. The topological polar surface area (TPSA) is 55.6 Å². The number of carbonyl (C=O) groups is 1. The number of nitrogens with zero attached hydrogens (tertiary/aromatic N) is 1. The molecular formula is C13H21ClN2O2. The third-order valence-corrected chi connectivity index (χ3v) is 2.38. The van der Waals surface area contributed by atoms with Crippen molar-refractivity contribution < 1.29 is 15.0 Å². The van der Waals surface area contributed by atoms with Gasteiger partial charge in [0.05, 0.1) is 11.0 Å². The number of likely N-dealkylation sites (N-methyl/N-ethyl adjacent to an activating group) is 1. The quantitative estimate of drug-likeness (QED) is 0.639. The van der Waals surface area contributed by atoms with Crippen LogP contribution in [0.2, 0.25) is 0 Å². The second-order valence-corrected chi connectivity index (χ2v) is 3.45. The second kappa shape index (κ2) is 8.78. The Balaban J connectivity index is 0.00000441. The van der Waals surface area contributed by atoms with Crippen LogP contribution < -0.4 is 5.73 Å². The van der Waals surface area contributed by atoms with E-state index in [0.717, 1.165) is 13.1 Å². The highest BCUT2D eigenvalue weighted by atomic mass is 35.5. The molecule has 0 aliphatic rings. The first-order chi connectivity index (χ1) is 9.84. The van der Waals surface area contributed by atoms with E-state index in [1.807, 2.05) is 13.8 Å². The molecule has 0 heterocycles. The molecular weight excluding hydrogens is 252 g/mol. The van der Waals surface area contributed by atoms with Gasteiger partial charge in [-0.1, -0.05) is 13.8 Å². The van der Waals surface area contributed by atoms with Crippen molar-refractivity contribution in [1.29, 1.82) is 0 Å². The number of nitrogens with two attached hydrogens (primary N) is 1. The van der Waals surface area contributed by atoms with Gasteiger partial charge in [0.25, 0.3) is 0 Å². The Morgan fingerprint density at radius 1 is 1.33 bits per heavy atom. The highest BCUT2D eigenvalue weighted by Gasteiger charge is 2.07. The molecule has 18 heavy (non-hydrogen) atoms. The Hall–Kier alpha value is -1.26. The third kappa shape index (κ3) is 5.38. The molecule has 1 aromatic carbocycles. The molecule has 0 bridgehead atoms. The zero-order valence-corrected chi connectivity index (χ0v) is 11.4. The van der Waals surface area contributed by atoms with E-state index < -0.39 is 30.1 Å². The lowest BCUT2D eigenvalue weighted by molar-refractivity contribution is 0.0466. The minimum atomic E-state index is -0.862. The van der Waals surface area contributed by atoms with Gasteiger partial charge in [0, 0.05) is 12.2 Å². The molecule has 0 aromatic heterocycles. The number of carbonyl (C=O) groups excluding carboxylic acids is 1. The summed E-state index contributed by atoms with van der Waals surface area (Å²) in [6, 6.07) is -1.79. The van der Waals surface area contributed by atoms with E-state index in [9.17, 15) is 4.79 Å². The van der Waals surface area contributed by atoms with E-state index in [1.165, 1.54) is 0 Å². The Morgan fingerprint density at radius 3 is 2.39 bits per heavy atom. The third-order valence-electron chi connectivity index (χ3n) is 2.38. The number of halogens is 1. The summed E-state index contributed by atoms with van der Waals surface area (Å²) in [5, 5.41) is 0. The molecule has 0 amide bonds. The summed E-state index contributed by atoms with van der Waals surface area (Å²) in [6.07, 6.45) is 0. The molecule has 0 fully saturated rings. The fourth-order valence-electron chi connectivity index (χ4n) is 1.30. The van der Waals surface area contributed by atoms with Crippen molar-refractivity contribution in [2.24, 2.45) is 0 Å². The van der Waals surface area contributed by atoms with Crippen molar-refractivity contribution in [2.75, 3.05) is 32.0 Å². The molecule has 102 valence electrons. The van der Waals surface area contributed by atoms with Gasteiger partial charge in [0.2, 0.25) is 0 Å². The van der Waals surface area contributed by atoms with Crippen LogP contribution in [0, 0.1) is 0 Å². The highest BCUT2D eigenvalue weighted by Crippen LogP contribution is 2.06. The number of benzene rings is 1. The van der Waals surface area contributed by atoms with E-state index >= 15 is 0 Å². The fraction of sp³-hybridized carbons (Fsp3) is 0.462. The van der Waals surface area contributed by atoms with Gasteiger partial charge in [-0.2, -0.15) is 0 Å². The van der Waals surface area contributed by atoms with Gasteiger partial charge in [-0.3, -0.25) is 0 Å². The van der Waals surface area contributed by atoms with Gasteiger partial charge < -0.3 is 15.4 Å². The van der Waals surface area contributed by atoms with Crippen molar-refractivity contribution in [3.05, 3.63) is 29.7 Å². The van der Waals surface area contributed by atoms with Crippen molar-refractivity contribution in [1.82, 2.24) is 4.90 Å². The Bertz CT molecular complexity index is 510. The van der Waals surface area contributed by atoms with E-state index in [0.29, 0.717) is 6.54 Å². The lowest BCUT2D eigenvalue weighted by Crippen LogP contribution is -2.27. The predicted molar refractivity (Wildman–Crippen MR) is 76.2 cm³/mol. The van der Waals surface area contributed by atoms with E-state index in [1.54, 1.807) is 0 Å². The first kappa shape index (κ1) is 10.6. The van der Waals surface area contributed by atoms with Gasteiger partial charge in [0.1, 0.15) is 6.61 Å². The minimum absolute atomic E-state index is 0. The molecule has 0 saturated carbocycles. The molecule has 1 rings (SSSR count). The van der Waals surface area contributed by atoms with Gasteiger partial charge in [-0.15, -0.1) is 12.4 Å². The molecule has 0 atom stereocenters. The first-order valence-electron chi connectivity index (χ1n) is 7.60. The lowest BCUT2D eigenvalue weighted by atomic mass is 10.2. The zero-order chi connectivity index (χ0) is 16.2. The van der Waals surface area contributed by atoms with Crippen LogP contribution in [0.1, 0.15) is 29.7 Å². The van der Waals surface area contributed by atoms with Gasteiger partial charge >= 0.3 is 5.97 Å². The smallest absolute Gasteiger partial charge is 0.338 e. The van der Waals surface area contributed by atoms with Crippen LogP contribution in [-0.4, -0.2) is 37.1 Å². The van der Waals surface area contributed by atoms with Crippen molar-refractivity contribution in [3.8, 4) is 0 Å². The summed E-state index contributed by atoms with van der Waals surface area (Å²) in [5.41, 5.74) is 4.81. The van der Waals surface area contributed by atoms with E-state index in [4.69, 9.17) is 16.0 Å². The maximum atomic E-state index is 12.0. The van der Waals surface area contributed by atoms with Crippen molar-refractivity contribution >= 4 is 24.1 Å². The number of rotatable bonds is 6. The minimum Gasteiger partial charge on any atom is -0.461 e. The predicted octanol–water partition coefficient (Wildman–Crippen LogP) is 2.19. The Kier molecular flexibility index (Phi) is 5.19. The average molecular weight is 277 g/mol. The van der Waals surface area contributed by atoms with Crippen LogP contribution in [0.3, 0.4) is 0 Å². The summed E-state index contributed by atoms with van der Waals surface area (Å²) in [4.78, 5) is 14.0. The number of hydrogen-bond donors (Lipinski definition) is 1. The normalized spacial score (nSPS) is 13.1. The average Bonchev–Trinajstić information content (AvgIpc) is 2.47. The number of hydrogen-bond acceptors (Lipinski definition) is 4. The van der Waals surface area contributed by atoms with Crippen LogP contribution in [0.25, 0.3) is 0 Å². The van der Waals surface area contributed by atoms with Crippen LogP contribution >= 0.6 is 12.4 Å². The zero-order valence-electron chi connectivity index (χ0n) is 14.6. The van der Waals surface area contributed by atoms with E-state index in [-0.39, 0.29) is 30.3 Å². The molecule has 2 N–H and O–H groups in total. The maximum absolute atomic E-state index is 12.0. The lowest BCUT2D eigenvalue weighted by Gasteiger charge is -2.17. The summed E-state index contributed by atoms with van der Waals surface area (Å²) in [6.45, 7) is 6.33. The number of anilines is 1. The second-order valence-electron chi connectivity index (χ2n) is 3.45. The highest BCUT2D eigenvalue weighted by molar-refractivity contribution is 5.89. The molecule has 0 saturated heterocycles. The molecule has 0 spiro atoms. The maximum Gasteiger partial charge on any atom is 0.338 e. The molecule has 0 aliphatic heterocycles. The molecule has 0 radical (unpaired) electrons. The molecule has 5 heteroatoms. The summed E-state index contributed by atoms with van der Waals surface area (Å²) in [7, 11) is 0. The SMILES string of the molecule is Cl.[2H]c1c([2H])c(C(=O)OCCN(CC)CC)c([2H])c([2H])c1N. The largest absolute Gasteiger partial charge is 0.461 e. The molecule has 1 aromatic rings. The first-order valence-corrected chi connectivity index (χ1v) is 5.60. The summed E-state index contributed by atoms with van der Waals surface area (Å²) >= 11 is 0. The summed E-state index contributed by atoms with van der Waals surface area (Å²) in [5.74, 6) is -0.862. The van der Waals surface area contributed by atoms with Gasteiger partial charge in [-0.25, -0.2) is 4.79 Å². The number of esters is 1. The monoisotopic (exact) mass is 276 g/mol. The van der Waals surface area contributed by atoms with Crippen LogP contribution in [-0.2, 0) is 4.74 Å². The van der Waals surface area contributed by atoms with Crippen molar-refractivity contribution in [3.63, 3.8) is 0 Å². The number of ether oxygens (including phenoxy) is 1. The van der Waals surface area contributed by atoms with E-state index in [2.05, 4.69) is 4.90 Å². The molecule has 0 aliphatic carbocycles. The summed E-state index contributed by atoms with van der Waals surface area (Å²) < 4.78 is 35.7. The Labute approximate surface area is 120 Å². The Morgan fingerprint density at radius 2 is 1.89 bits per heavy atom. The van der Waals surface area contributed by atoms with Gasteiger partial charge in [-0.05, 0) is 37.3 Å². The van der Waals surface area contributed by atoms with Gasteiger partial charge in [0.15, 0.2) is 0 Å². The van der Waals surface area contributed by atoms with Crippen LogP contribution in [0.5, 0.6) is 0 Å². The molecule has 4 nitrogen and oxygen atoms in total. The van der Waals surface area contributed by atoms with Crippen LogP contribution in [0.4, 0.5) is 5.69 Å². The van der Waals surface area contributed by atoms with Crippen molar-refractivity contribution in [2.45, 2.75) is 13.8 Å². The molecule has 0 unspecified atom stereocenters. The van der Waals surface area contributed by atoms with Crippen LogP contribution in [0.15, 0.2) is 24.2 Å². The number of nitrogen functional groups attached to an aromatic ring is 1.